The summed E-state index contributed by atoms with van der Waals surface area (Å²) in [5.74, 6) is -7.37. The van der Waals surface area contributed by atoms with Gasteiger partial charge in [0.25, 0.3) is 0 Å². The number of nitrogens with one attached hydrogen (secondary N) is 3. The number of phenols is 1. The first-order chi connectivity index (χ1) is 29.5. The molecule has 0 saturated carbocycles. The van der Waals surface area contributed by atoms with Crippen LogP contribution in [0.5, 0.6) is 5.75 Å². The maximum Gasteiger partial charge on any atom is 0.224 e. The summed E-state index contributed by atoms with van der Waals surface area (Å²) >= 11 is 0. The van der Waals surface area contributed by atoms with Crippen molar-refractivity contribution in [3.8, 4) is 5.75 Å². The van der Waals surface area contributed by atoms with E-state index in [-0.39, 0.29) is 93.7 Å². The van der Waals surface area contributed by atoms with Crippen molar-refractivity contribution >= 4 is 52.8 Å². The van der Waals surface area contributed by atoms with Crippen molar-refractivity contribution in [2.45, 2.75) is 143 Å². The molecular weight excluding hydrogens is 811 g/mol. The van der Waals surface area contributed by atoms with Crippen molar-refractivity contribution in [1.29, 1.82) is 0 Å². The average molecular weight is 886 g/mol. The van der Waals surface area contributed by atoms with Crippen molar-refractivity contribution < 1.29 is 43.5 Å². The Kier molecular flexibility index (Phi) is 25.7. The Balaban J connectivity index is 3.49. The van der Waals surface area contributed by atoms with Gasteiger partial charge in [-0.15, -0.1) is 0 Å². The van der Waals surface area contributed by atoms with Crippen molar-refractivity contribution in [1.82, 2.24) is 16.0 Å². The zero-order valence-corrected chi connectivity index (χ0v) is 38.2. The third-order valence-electron chi connectivity index (χ3n) is 10.8. The number of phenolic OH excluding ortho intramolecular Hbond substituents is 1. The standard InChI is InChI=1S/C45H75N9O9/c1-26(2)20-32(41(48)60)24-39(58)36(21-27(3)4)54-43(62)31(10-7-8-18-46)23-38(57)35(11-9-19-51-45(49)50)53-44(63)33(22-30-13-15-34(55)16-14-30)25-37(56)29(6)52-42(61)28(5)12-17-40(47)59/h13-16,26-29,31-33,35-36,55H,7-12,17-25,46H2,1-6H3,(H2,47,59)(H2,48,60)(H,52,61)(H,53,63)(H,54,62)(H4,49,50,51)/t28-,29-,31+,32+,33+,35-,36-/m0/s1. The first-order valence-corrected chi connectivity index (χ1v) is 22.1. The number of benzene rings is 1. The molecule has 0 aliphatic carbocycles. The fraction of sp³-hybridized carbons (Fsp3) is 0.667. The van der Waals surface area contributed by atoms with Gasteiger partial charge in [0, 0.05) is 55.9 Å². The Labute approximate surface area is 372 Å². The van der Waals surface area contributed by atoms with Crippen LogP contribution in [-0.2, 0) is 44.8 Å². The molecule has 14 N–H and O–H groups in total. The zero-order chi connectivity index (χ0) is 47.8. The van der Waals surface area contributed by atoms with Crippen molar-refractivity contribution in [2.24, 2.45) is 69.2 Å². The van der Waals surface area contributed by atoms with E-state index in [0.29, 0.717) is 37.8 Å². The predicted octanol–water partition coefficient (Wildman–Crippen LogP) is 1.80. The van der Waals surface area contributed by atoms with E-state index in [9.17, 15) is 43.5 Å². The SMILES string of the molecule is CC(C)C[C@H](CC(=O)[C@H](CC(C)C)NC(=O)[C@H](CCCCN)CC(=O)[C@H](CCCN=C(N)N)NC(=O)[C@@H](CC(=O)[C@H](C)NC(=O)[C@@H](C)CCC(N)=O)Cc1ccc(O)cc1)C(N)=O. The smallest absolute Gasteiger partial charge is 0.224 e. The quantitative estimate of drug-likeness (QED) is 0.0277. The van der Waals surface area contributed by atoms with Crippen LogP contribution in [0.25, 0.3) is 0 Å². The number of rotatable bonds is 33. The predicted molar refractivity (Wildman–Crippen MR) is 241 cm³/mol. The van der Waals surface area contributed by atoms with Gasteiger partial charge < -0.3 is 49.7 Å². The van der Waals surface area contributed by atoms with Gasteiger partial charge in [-0.05, 0) is 94.4 Å². The Bertz CT molecular complexity index is 1700. The number of carbonyl (C=O) groups excluding carboxylic acids is 8. The number of carbonyl (C=O) groups is 8. The number of aliphatic imine (C=N–C) groups is 1. The lowest BCUT2D eigenvalue weighted by atomic mass is 9.87. The number of unbranched alkanes of at least 4 members (excludes halogenated alkanes) is 1. The number of ketones is 3. The third-order valence-corrected chi connectivity index (χ3v) is 10.8. The molecule has 1 aromatic rings. The molecule has 0 aromatic heterocycles. The minimum absolute atomic E-state index is 0.00370. The molecule has 0 bridgehead atoms. The van der Waals surface area contributed by atoms with E-state index in [4.69, 9.17) is 28.7 Å². The number of Topliss-reactive ketones (excluding diaryl/α,β-unsaturated/α-hetero) is 3. The van der Waals surface area contributed by atoms with Crippen LogP contribution in [0.1, 0.15) is 124 Å². The van der Waals surface area contributed by atoms with Crippen LogP contribution in [0.2, 0.25) is 0 Å². The van der Waals surface area contributed by atoms with E-state index in [0.717, 1.165) is 0 Å². The summed E-state index contributed by atoms with van der Waals surface area (Å²) in [5, 5.41) is 18.2. The molecule has 5 amide bonds. The summed E-state index contributed by atoms with van der Waals surface area (Å²) in [6, 6.07) is 3.00. The summed E-state index contributed by atoms with van der Waals surface area (Å²) in [5.41, 5.74) is 28.3. The van der Waals surface area contributed by atoms with E-state index < -0.39 is 82.9 Å². The van der Waals surface area contributed by atoms with Crippen LogP contribution in [0.3, 0.4) is 0 Å². The van der Waals surface area contributed by atoms with Gasteiger partial charge >= 0.3 is 0 Å². The second kappa shape index (κ2) is 29.1. The van der Waals surface area contributed by atoms with Crippen LogP contribution in [0.4, 0.5) is 0 Å². The number of hydrogen-bond donors (Lipinski definition) is 9. The lowest BCUT2D eigenvalue weighted by Crippen LogP contribution is -2.48. The van der Waals surface area contributed by atoms with Gasteiger partial charge in [0.1, 0.15) is 5.75 Å². The lowest BCUT2D eigenvalue weighted by molar-refractivity contribution is -0.136. The molecule has 1 aromatic carbocycles. The molecule has 0 spiro atoms. The summed E-state index contributed by atoms with van der Waals surface area (Å²) in [7, 11) is 0. The lowest BCUT2D eigenvalue weighted by Gasteiger charge is -2.26. The van der Waals surface area contributed by atoms with Gasteiger partial charge in [-0.1, -0.05) is 53.2 Å². The van der Waals surface area contributed by atoms with Gasteiger partial charge in [-0.2, -0.15) is 0 Å². The molecule has 354 valence electrons. The Morgan fingerprint density at radius 2 is 1.17 bits per heavy atom. The summed E-state index contributed by atoms with van der Waals surface area (Å²) in [6.07, 6.45) is 1.81. The maximum atomic E-state index is 14.3. The van der Waals surface area contributed by atoms with E-state index >= 15 is 0 Å². The molecule has 0 saturated heterocycles. The molecule has 0 radical (unpaired) electrons. The highest BCUT2D eigenvalue weighted by molar-refractivity contribution is 5.97. The van der Waals surface area contributed by atoms with Crippen LogP contribution in [0, 0.1) is 35.5 Å². The monoisotopic (exact) mass is 886 g/mol. The van der Waals surface area contributed by atoms with E-state index in [1.54, 1.807) is 19.1 Å². The summed E-state index contributed by atoms with van der Waals surface area (Å²) in [4.78, 5) is 110. The molecule has 0 fully saturated rings. The van der Waals surface area contributed by atoms with Gasteiger partial charge in [0.2, 0.25) is 29.5 Å². The number of primary amides is 2. The molecule has 63 heavy (non-hydrogen) atoms. The molecule has 1 rings (SSSR count). The number of guanidine groups is 1. The Morgan fingerprint density at radius 1 is 0.619 bits per heavy atom. The number of nitrogens with zero attached hydrogens (tertiary/aromatic N) is 1. The first-order valence-electron chi connectivity index (χ1n) is 22.1. The highest BCUT2D eigenvalue weighted by atomic mass is 16.3. The summed E-state index contributed by atoms with van der Waals surface area (Å²) < 4.78 is 0. The van der Waals surface area contributed by atoms with E-state index in [1.807, 2.05) is 27.7 Å². The third kappa shape index (κ3) is 23.0. The van der Waals surface area contributed by atoms with Crippen molar-refractivity contribution in [3.63, 3.8) is 0 Å². The Hall–Kier alpha value is -5.39. The minimum Gasteiger partial charge on any atom is -0.508 e. The average Bonchev–Trinajstić information content (AvgIpc) is 3.19. The number of amides is 5. The normalized spacial score (nSPS) is 14.6. The molecular formula is C45H75N9O9. The van der Waals surface area contributed by atoms with E-state index in [2.05, 4.69) is 20.9 Å². The Morgan fingerprint density at radius 3 is 1.73 bits per heavy atom. The fourth-order valence-electron chi connectivity index (χ4n) is 7.16. The number of hydrogen-bond acceptors (Lipinski definition) is 11. The van der Waals surface area contributed by atoms with E-state index in [1.165, 1.54) is 19.1 Å². The van der Waals surface area contributed by atoms with Crippen LogP contribution in [-0.4, -0.2) is 89.2 Å². The van der Waals surface area contributed by atoms with Crippen LogP contribution < -0.4 is 44.6 Å². The van der Waals surface area contributed by atoms with Gasteiger partial charge in [0.05, 0.1) is 18.1 Å². The molecule has 7 atom stereocenters. The zero-order valence-electron chi connectivity index (χ0n) is 38.2. The summed E-state index contributed by atoms with van der Waals surface area (Å²) in [6.45, 7) is 11.2. The second-order valence-corrected chi connectivity index (χ2v) is 17.6. The van der Waals surface area contributed by atoms with Crippen molar-refractivity contribution in [3.05, 3.63) is 29.8 Å². The molecule has 0 aliphatic heterocycles. The van der Waals surface area contributed by atoms with Crippen LogP contribution >= 0.6 is 0 Å². The van der Waals surface area contributed by atoms with Gasteiger partial charge in [0.15, 0.2) is 23.3 Å². The number of nitrogens with two attached hydrogens (primary N) is 5. The number of aromatic hydroxyl groups is 1. The molecule has 0 aliphatic rings. The topological polar surface area (TPSA) is 335 Å². The largest absolute Gasteiger partial charge is 0.508 e. The molecule has 18 nitrogen and oxygen atoms in total. The highest BCUT2D eigenvalue weighted by Crippen LogP contribution is 2.23. The van der Waals surface area contributed by atoms with Gasteiger partial charge in [-0.25, -0.2) is 0 Å². The highest BCUT2D eigenvalue weighted by Gasteiger charge is 2.34. The molecule has 18 heteroatoms. The van der Waals surface area contributed by atoms with Gasteiger partial charge in [-0.3, -0.25) is 43.3 Å². The molecule has 0 unspecified atom stereocenters. The van der Waals surface area contributed by atoms with Crippen LogP contribution in [0.15, 0.2) is 29.3 Å². The second-order valence-electron chi connectivity index (χ2n) is 17.6. The first kappa shape index (κ1) is 55.6. The maximum absolute atomic E-state index is 14.3. The van der Waals surface area contributed by atoms with Crippen molar-refractivity contribution in [2.75, 3.05) is 13.1 Å². The minimum atomic E-state index is -1.14. The molecule has 0 heterocycles. The fourth-order valence-corrected chi connectivity index (χ4v) is 7.16.